The van der Waals surface area contributed by atoms with Crippen LogP contribution >= 0.6 is 0 Å². The summed E-state index contributed by atoms with van der Waals surface area (Å²) >= 11 is 0. The largest absolute Gasteiger partial charge is 0.444 e. The zero-order chi connectivity index (χ0) is 14.9. The van der Waals surface area contributed by atoms with Crippen LogP contribution in [-0.4, -0.2) is 35.9 Å². The second-order valence-corrected chi connectivity index (χ2v) is 5.96. The first kappa shape index (κ1) is 15.6. The molecular weight excluding hydrogens is 261 g/mol. The quantitative estimate of drug-likeness (QED) is 0.780. The van der Waals surface area contributed by atoms with Gasteiger partial charge in [0, 0.05) is 24.9 Å². The molecule has 1 fully saturated rings. The Morgan fingerprint density at radius 1 is 1.37 bits per heavy atom. The van der Waals surface area contributed by atoms with Crippen molar-refractivity contribution in [3.05, 3.63) is 0 Å². The van der Waals surface area contributed by atoms with Gasteiger partial charge in [0.1, 0.15) is 5.60 Å². The van der Waals surface area contributed by atoms with Crippen LogP contribution in [0.15, 0.2) is 0 Å². The average molecular weight is 278 g/mol. The lowest BCUT2D eigenvalue weighted by molar-refractivity contribution is -0.177. The van der Waals surface area contributed by atoms with E-state index in [2.05, 4.69) is 0 Å². The Hall–Kier alpha value is -1.45. The van der Waals surface area contributed by atoms with E-state index < -0.39 is 29.7 Å². The Morgan fingerprint density at radius 2 is 1.89 bits per heavy atom. The molecule has 0 aromatic carbocycles. The average Bonchev–Trinajstić information content (AvgIpc) is 2.07. The van der Waals surface area contributed by atoms with Crippen molar-refractivity contribution in [3.8, 4) is 6.07 Å². The van der Waals surface area contributed by atoms with E-state index in [0.717, 1.165) is 0 Å². The molecule has 1 rings (SSSR count). The van der Waals surface area contributed by atoms with Crippen LogP contribution in [0.2, 0.25) is 0 Å². The van der Waals surface area contributed by atoms with Gasteiger partial charge in [-0.05, 0) is 20.8 Å². The number of ether oxygens (including phenoxy) is 1. The molecule has 0 N–H and O–H groups in total. The Bertz CT molecular complexity index is 387. The van der Waals surface area contributed by atoms with Crippen LogP contribution in [0.5, 0.6) is 0 Å². The summed E-state index contributed by atoms with van der Waals surface area (Å²) in [6, 6.07) is 1.76. The van der Waals surface area contributed by atoms with Crippen molar-refractivity contribution >= 4 is 6.09 Å². The van der Waals surface area contributed by atoms with Crippen molar-refractivity contribution in [2.75, 3.05) is 13.1 Å². The molecule has 0 bridgehead atoms. The van der Waals surface area contributed by atoms with Crippen molar-refractivity contribution < 1.29 is 22.7 Å². The molecule has 7 heteroatoms. The molecule has 0 atom stereocenters. The molecule has 0 radical (unpaired) electrons. The highest BCUT2D eigenvalue weighted by molar-refractivity contribution is 5.69. The number of carbonyl (C=O) groups excluding carboxylic acids is 1. The van der Waals surface area contributed by atoms with Crippen LogP contribution in [0, 0.1) is 16.7 Å². The lowest BCUT2D eigenvalue weighted by Crippen LogP contribution is -2.60. The zero-order valence-electron chi connectivity index (χ0n) is 11.2. The van der Waals surface area contributed by atoms with E-state index in [1.54, 1.807) is 26.8 Å². The number of likely N-dealkylation sites (tertiary alicyclic amines) is 1. The summed E-state index contributed by atoms with van der Waals surface area (Å²) in [6.07, 6.45) is -6.24. The monoisotopic (exact) mass is 278 g/mol. The van der Waals surface area contributed by atoms with Gasteiger partial charge in [-0.2, -0.15) is 18.4 Å². The third-order valence-electron chi connectivity index (χ3n) is 2.73. The second kappa shape index (κ2) is 4.91. The van der Waals surface area contributed by atoms with Crippen LogP contribution < -0.4 is 0 Å². The number of amides is 1. The third kappa shape index (κ3) is 4.62. The van der Waals surface area contributed by atoms with Crippen LogP contribution in [0.1, 0.15) is 33.6 Å². The predicted octanol–water partition coefficient (Wildman–Crippen LogP) is 3.09. The first-order valence-electron chi connectivity index (χ1n) is 5.88. The summed E-state index contributed by atoms with van der Waals surface area (Å²) in [5, 5.41) is 8.62. The van der Waals surface area contributed by atoms with Crippen molar-refractivity contribution in [3.63, 3.8) is 0 Å². The lowest BCUT2D eigenvalue weighted by Gasteiger charge is -2.49. The van der Waals surface area contributed by atoms with Gasteiger partial charge < -0.3 is 9.64 Å². The van der Waals surface area contributed by atoms with E-state index in [0.29, 0.717) is 0 Å². The number of alkyl halides is 3. The molecule has 0 unspecified atom stereocenters. The van der Waals surface area contributed by atoms with E-state index in [1.165, 1.54) is 4.90 Å². The molecule has 1 aliphatic rings. The molecule has 0 aromatic heterocycles. The molecule has 0 saturated carbocycles. The maximum atomic E-state index is 12.5. The molecule has 1 aliphatic heterocycles. The number of nitrogens with zero attached hydrogens (tertiary/aromatic N) is 2. The number of halogens is 3. The number of hydrogen-bond acceptors (Lipinski definition) is 3. The molecule has 4 nitrogen and oxygen atoms in total. The molecule has 1 saturated heterocycles. The molecule has 1 amide bonds. The summed E-state index contributed by atoms with van der Waals surface area (Å²) in [7, 11) is 0. The highest BCUT2D eigenvalue weighted by Crippen LogP contribution is 2.43. The Morgan fingerprint density at radius 3 is 2.26 bits per heavy atom. The standard InChI is InChI=1S/C12H17F3N2O2/c1-10(2,3)19-9(18)17-7-11(8-17,4-5-16)6-12(13,14)15/h4,6-8H2,1-3H3. The minimum atomic E-state index is -4.34. The van der Waals surface area contributed by atoms with E-state index in [1.807, 2.05) is 0 Å². The van der Waals surface area contributed by atoms with Gasteiger partial charge in [0.2, 0.25) is 0 Å². The van der Waals surface area contributed by atoms with Crippen LogP contribution in [0.3, 0.4) is 0 Å². The third-order valence-corrected chi connectivity index (χ3v) is 2.73. The number of rotatable bonds is 2. The Kier molecular flexibility index (Phi) is 4.03. The van der Waals surface area contributed by atoms with Crippen molar-refractivity contribution in [1.29, 1.82) is 5.26 Å². The van der Waals surface area contributed by atoms with E-state index in [4.69, 9.17) is 10.00 Å². The highest BCUT2D eigenvalue weighted by Gasteiger charge is 2.52. The minimum Gasteiger partial charge on any atom is -0.444 e. The van der Waals surface area contributed by atoms with E-state index in [9.17, 15) is 18.0 Å². The summed E-state index contributed by atoms with van der Waals surface area (Å²) < 4.78 is 42.4. The van der Waals surface area contributed by atoms with Crippen LogP contribution in [0.25, 0.3) is 0 Å². The number of hydrogen-bond donors (Lipinski definition) is 0. The molecule has 19 heavy (non-hydrogen) atoms. The molecule has 1 heterocycles. The second-order valence-electron chi connectivity index (χ2n) is 5.96. The summed E-state index contributed by atoms with van der Waals surface area (Å²) in [5.74, 6) is 0. The Balaban J connectivity index is 2.61. The first-order valence-corrected chi connectivity index (χ1v) is 5.88. The summed E-state index contributed by atoms with van der Waals surface area (Å²) in [5.41, 5.74) is -1.86. The zero-order valence-corrected chi connectivity index (χ0v) is 11.2. The van der Waals surface area contributed by atoms with E-state index in [-0.39, 0.29) is 19.5 Å². The van der Waals surface area contributed by atoms with Crippen molar-refractivity contribution in [2.24, 2.45) is 5.41 Å². The lowest BCUT2D eigenvalue weighted by atomic mass is 9.74. The van der Waals surface area contributed by atoms with Gasteiger partial charge in [-0.25, -0.2) is 4.79 Å². The SMILES string of the molecule is CC(C)(C)OC(=O)N1CC(CC#N)(CC(F)(F)F)C1. The normalized spacial score (nSPS) is 18.5. The number of nitriles is 1. The fourth-order valence-corrected chi connectivity index (χ4v) is 2.10. The molecule has 0 aromatic rings. The number of carbonyl (C=O) groups is 1. The Labute approximate surface area is 110 Å². The van der Waals surface area contributed by atoms with Gasteiger partial charge in [0.15, 0.2) is 0 Å². The summed E-state index contributed by atoms with van der Waals surface area (Å²) in [6.45, 7) is 4.87. The van der Waals surface area contributed by atoms with Gasteiger partial charge in [0.05, 0.1) is 12.5 Å². The van der Waals surface area contributed by atoms with Crippen molar-refractivity contribution in [2.45, 2.75) is 45.4 Å². The minimum absolute atomic E-state index is 0.0883. The molecule has 0 spiro atoms. The van der Waals surface area contributed by atoms with Gasteiger partial charge in [0.25, 0.3) is 0 Å². The van der Waals surface area contributed by atoms with Crippen molar-refractivity contribution in [1.82, 2.24) is 4.90 Å². The fourth-order valence-electron chi connectivity index (χ4n) is 2.10. The maximum absolute atomic E-state index is 12.5. The van der Waals surface area contributed by atoms with Gasteiger partial charge in [-0.3, -0.25) is 0 Å². The van der Waals surface area contributed by atoms with Crippen LogP contribution in [0.4, 0.5) is 18.0 Å². The molecular formula is C12H17F3N2O2. The van der Waals surface area contributed by atoms with Gasteiger partial charge in [-0.15, -0.1) is 0 Å². The smallest absolute Gasteiger partial charge is 0.410 e. The molecule has 0 aliphatic carbocycles. The topological polar surface area (TPSA) is 53.3 Å². The summed E-state index contributed by atoms with van der Waals surface area (Å²) in [4.78, 5) is 12.8. The fraction of sp³-hybridized carbons (Fsp3) is 0.833. The van der Waals surface area contributed by atoms with Crippen LogP contribution in [-0.2, 0) is 4.74 Å². The maximum Gasteiger partial charge on any atom is 0.410 e. The van der Waals surface area contributed by atoms with Gasteiger partial charge in [-0.1, -0.05) is 0 Å². The van der Waals surface area contributed by atoms with E-state index >= 15 is 0 Å². The molecule has 108 valence electrons. The predicted molar refractivity (Wildman–Crippen MR) is 61.1 cm³/mol. The highest BCUT2D eigenvalue weighted by atomic mass is 19.4. The van der Waals surface area contributed by atoms with Gasteiger partial charge >= 0.3 is 12.3 Å². The first-order chi connectivity index (χ1) is 8.46.